The Morgan fingerprint density at radius 3 is 2.71 bits per heavy atom. The van der Waals surface area contributed by atoms with Gasteiger partial charge in [0, 0.05) is 4.90 Å². The van der Waals surface area contributed by atoms with Crippen LogP contribution in [-0.4, -0.2) is 11.3 Å². The van der Waals surface area contributed by atoms with Crippen molar-refractivity contribution >= 4 is 17.0 Å². The summed E-state index contributed by atoms with van der Waals surface area (Å²) in [6, 6.07) is 10.8. The van der Waals surface area contributed by atoms with Crippen LogP contribution in [0.15, 0.2) is 35.2 Å². The molecule has 0 aromatic heterocycles. The standard InChI is InChI=1S/C10H10N2OS/c1-8(7-11)12-10(13)14-9-5-3-2-4-6-9/h2-6,8H,1H3,(H,12,13). The van der Waals surface area contributed by atoms with Crippen molar-refractivity contribution in [1.29, 1.82) is 5.26 Å². The Kier molecular flexibility index (Phi) is 4.02. The first-order valence-corrected chi connectivity index (χ1v) is 4.97. The molecule has 0 spiro atoms. The summed E-state index contributed by atoms with van der Waals surface area (Å²) in [6.45, 7) is 1.64. The van der Waals surface area contributed by atoms with Crippen molar-refractivity contribution in [2.75, 3.05) is 0 Å². The number of thioether (sulfide) groups is 1. The molecular weight excluding hydrogens is 196 g/mol. The molecule has 0 aliphatic heterocycles. The van der Waals surface area contributed by atoms with Gasteiger partial charge in [0.25, 0.3) is 5.24 Å². The fourth-order valence-corrected chi connectivity index (χ4v) is 1.58. The number of nitrogens with zero attached hydrogens (tertiary/aromatic N) is 1. The van der Waals surface area contributed by atoms with E-state index in [0.717, 1.165) is 16.7 Å². The van der Waals surface area contributed by atoms with Crippen molar-refractivity contribution in [3.63, 3.8) is 0 Å². The summed E-state index contributed by atoms with van der Waals surface area (Å²) in [4.78, 5) is 12.2. The second-order valence-electron chi connectivity index (χ2n) is 2.70. The van der Waals surface area contributed by atoms with Crippen molar-refractivity contribution in [1.82, 2.24) is 5.32 Å². The minimum atomic E-state index is -0.446. The van der Waals surface area contributed by atoms with Crippen LogP contribution in [0, 0.1) is 11.3 Å². The highest BCUT2D eigenvalue weighted by atomic mass is 32.2. The number of nitriles is 1. The first-order chi connectivity index (χ1) is 6.72. The molecule has 4 heteroatoms. The fraction of sp³-hybridized carbons (Fsp3) is 0.200. The number of hydrogen-bond donors (Lipinski definition) is 1. The SMILES string of the molecule is CC(C#N)NC(=O)Sc1ccccc1. The third-order valence-corrected chi connectivity index (χ3v) is 2.29. The van der Waals surface area contributed by atoms with Crippen molar-refractivity contribution in [3.05, 3.63) is 30.3 Å². The highest BCUT2D eigenvalue weighted by Gasteiger charge is 2.06. The molecule has 0 saturated carbocycles. The first kappa shape index (κ1) is 10.6. The Morgan fingerprint density at radius 2 is 2.14 bits per heavy atom. The molecule has 1 aromatic rings. The van der Waals surface area contributed by atoms with Crippen LogP contribution in [-0.2, 0) is 0 Å². The average Bonchev–Trinajstić information content (AvgIpc) is 2.19. The molecule has 1 rings (SSSR count). The summed E-state index contributed by atoms with van der Waals surface area (Å²) < 4.78 is 0. The largest absolute Gasteiger partial charge is 0.331 e. The average molecular weight is 206 g/mol. The van der Waals surface area contributed by atoms with Gasteiger partial charge in [0.15, 0.2) is 0 Å². The molecule has 3 nitrogen and oxygen atoms in total. The zero-order valence-electron chi connectivity index (χ0n) is 7.73. The molecule has 0 aliphatic rings. The Hall–Kier alpha value is -1.47. The Labute approximate surface area is 87.1 Å². The third-order valence-electron chi connectivity index (χ3n) is 1.48. The maximum absolute atomic E-state index is 11.3. The molecule has 0 fully saturated rings. The highest BCUT2D eigenvalue weighted by Crippen LogP contribution is 2.17. The summed E-state index contributed by atoms with van der Waals surface area (Å²) in [5, 5.41) is 10.8. The molecule has 0 heterocycles. The minimum Gasteiger partial charge on any atom is -0.331 e. The lowest BCUT2D eigenvalue weighted by Crippen LogP contribution is -2.27. The fourth-order valence-electron chi connectivity index (χ4n) is 0.834. The quantitative estimate of drug-likeness (QED) is 0.756. The minimum absolute atomic E-state index is 0.203. The molecule has 14 heavy (non-hydrogen) atoms. The molecule has 72 valence electrons. The van der Waals surface area contributed by atoms with E-state index in [2.05, 4.69) is 5.32 Å². The van der Waals surface area contributed by atoms with E-state index in [-0.39, 0.29) is 5.24 Å². The summed E-state index contributed by atoms with van der Waals surface area (Å²) in [6.07, 6.45) is 0. The number of carbonyl (C=O) groups excluding carboxylic acids is 1. The van der Waals surface area contributed by atoms with Crippen LogP contribution in [0.25, 0.3) is 0 Å². The molecule has 1 N–H and O–H groups in total. The van der Waals surface area contributed by atoms with Crippen LogP contribution in [0.2, 0.25) is 0 Å². The first-order valence-electron chi connectivity index (χ1n) is 4.15. The summed E-state index contributed by atoms with van der Waals surface area (Å²) in [5.41, 5.74) is 0. The molecule has 1 aromatic carbocycles. The number of hydrogen-bond acceptors (Lipinski definition) is 3. The van der Waals surface area contributed by atoms with Gasteiger partial charge in [-0.25, -0.2) is 0 Å². The molecule has 0 aliphatic carbocycles. The number of amides is 1. The van der Waals surface area contributed by atoms with E-state index in [1.165, 1.54) is 0 Å². The molecule has 0 bridgehead atoms. The van der Waals surface area contributed by atoms with Crippen molar-refractivity contribution < 1.29 is 4.79 Å². The Morgan fingerprint density at radius 1 is 1.50 bits per heavy atom. The maximum atomic E-state index is 11.3. The van der Waals surface area contributed by atoms with Gasteiger partial charge >= 0.3 is 0 Å². The molecule has 0 radical (unpaired) electrons. The molecule has 1 amide bonds. The molecular formula is C10H10N2OS. The van der Waals surface area contributed by atoms with Crippen LogP contribution in [0.4, 0.5) is 4.79 Å². The van der Waals surface area contributed by atoms with E-state index < -0.39 is 6.04 Å². The van der Waals surface area contributed by atoms with Gasteiger partial charge in [0.1, 0.15) is 6.04 Å². The number of benzene rings is 1. The lowest BCUT2D eigenvalue weighted by atomic mass is 10.4. The zero-order valence-corrected chi connectivity index (χ0v) is 8.54. The third kappa shape index (κ3) is 3.50. The van der Waals surface area contributed by atoms with Crippen LogP contribution < -0.4 is 5.32 Å². The van der Waals surface area contributed by atoms with E-state index >= 15 is 0 Å². The van der Waals surface area contributed by atoms with Gasteiger partial charge in [-0.2, -0.15) is 5.26 Å². The van der Waals surface area contributed by atoms with Gasteiger partial charge in [-0.05, 0) is 30.8 Å². The van der Waals surface area contributed by atoms with E-state index in [9.17, 15) is 4.79 Å². The summed E-state index contributed by atoms with van der Waals surface area (Å²) in [7, 11) is 0. The Balaban J connectivity index is 2.47. The van der Waals surface area contributed by atoms with E-state index in [1.807, 2.05) is 36.4 Å². The predicted molar refractivity (Wildman–Crippen MR) is 55.9 cm³/mol. The predicted octanol–water partition coefficient (Wildman–Crippen LogP) is 2.40. The summed E-state index contributed by atoms with van der Waals surface area (Å²) >= 11 is 1.09. The lowest BCUT2D eigenvalue weighted by molar-refractivity contribution is 0.259. The van der Waals surface area contributed by atoms with Crippen LogP contribution in [0.1, 0.15) is 6.92 Å². The lowest BCUT2D eigenvalue weighted by Gasteiger charge is -2.04. The molecule has 1 unspecified atom stereocenters. The molecule has 1 atom stereocenters. The van der Waals surface area contributed by atoms with Crippen LogP contribution in [0.3, 0.4) is 0 Å². The Bertz CT molecular complexity index is 345. The molecule has 0 saturated heterocycles. The normalized spacial score (nSPS) is 11.4. The second kappa shape index (κ2) is 5.30. The van der Waals surface area contributed by atoms with Gasteiger partial charge < -0.3 is 5.32 Å². The van der Waals surface area contributed by atoms with Crippen molar-refractivity contribution in [3.8, 4) is 6.07 Å². The second-order valence-corrected chi connectivity index (χ2v) is 3.74. The van der Waals surface area contributed by atoms with Crippen molar-refractivity contribution in [2.24, 2.45) is 0 Å². The van der Waals surface area contributed by atoms with Crippen molar-refractivity contribution in [2.45, 2.75) is 17.9 Å². The van der Waals surface area contributed by atoms with Gasteiger partial charge in [-0.1, -0.05) is 18.2 Å². The van der Waals surface area contributed by atoms with Crippen LogP contribution >= 0.6 is 11.8 Å². The smallest absolute Gasteiger partial charge is 0.284 e. The number of rotatable bonds is 2. The van der Waals surface area contributed by atoms with Gasteiger partial charge in [0.2, 0.25) is 0 Å². The van der Waals surface area contributed by atoms with E-state index in [1.54, 1.807) is 6.92 Å². The summed E-state index contributed by atoms with van der Waals surface area (Å²) in [5.74, 6) is 0. The van der Waals surface area contributed by atoms with Gasteiger partial charge in [-0.3, -0.25) is 4.79 Å². The van der Waals surface area contributed by atoms with Gasteiger partial charge in [-0.15, -0.1) is 0 Å². The zero-order chi connectivity index (χ0) is 10.4. The van der Waals surface area contributed by atoms with E-state index in [4.69, 9.17) is 5.26 Å². The number of nitrogens with one attached hydrogen (secondary N) is 1. The highest BCUT2D eigenvalue weighted by molar-refractivity contribution is 8.13. The van der Waals surface area contributed by atoms with E-state index in [0.29, 0.717) is 0 Å². The monoisotopic (exact) mass is 206 g/mol. The number of carbonyl (C=O) groups is 1. The van der Waals surface area contributed by atoms with Crippen LogP contribution in [0.5, 0.6) is 0 Å². The maximum Gasteiger partial charge on any atom is 0.284 e. The van der Waals surface area contributed by atoms with Gasteiger partial charge in [0.05, 0.1) is 6.07 Å². The topological polar surface area (TPSA) is 52.9 Å².